The van der Waals surface area contributed by atoms with E-state index in [0.29, 0.717) is 0 Å². The first-order chi connectivity index (χ1) is 9.36. The Morgan fingerprint density at radius 3 is 2.42 bits per heavy atom. The number of hydrogen-bond acceptors (Lipinski definition) is 4. The summed E-state index contributed by atoms with van der Waals surface area (Å²) in [5, 5.41) is 2.10. The molecule has 98 valence electrons. The molecule has 2 heterocycles. The minimum atomic E-state index is -0.306. The van der Waals surface area contributed by atoms with E-state index in [1.165, 1.54) is 4.88 Å². The van der Waals surface area contributed by atoms with Crippen LogP contribution in [-0.4, -0.2) is 18.6 Å². The highest BCUT2D eigenvalue weighted by Gasteiger charge is 2.38. The predicted molar refractivity (Wildman–Crippen MR) is 78.5 cm³/mol. The molecule has 0 atom stereocenters. The van der Waals surface area contributed by atoms with Gasteiger partial charge in [0.05, 0.1) is 0 Å². The molecular weight excluding hydrogens is 257 g/mol. The van der Waals surface area contributed by atoms with Gasteiger partial charge in [-0.2, -0.15) is 0 Å². The number of benzene rings is 1. The molecule has 19 heavy (non-hydrogen) atoms. The summed E-state index contributed by atoms with van der Waals surface area (Å²) in [6, 6.07) is 12.1. The van der Waals surface area contributed by atoms with E-state index in [4.69, 9.17) is 9.31 Å². The van der Waals surface area contributed by atoms with Crippen LogP contribution in [0, 0.1) is 0 Å². The summed E-state index contributed by atoms with van der Waals surface area (Å²) >= 11 is 1.77. The average Bonchev–Trinajstić information content (AvgIpc) is 3.06. The first kappa shape index (κ1) is 12.6. The molecule has 0 aliphatic carbocycles. The summed E-state index contributed by atoms with van der Waals surface area (Å²) in [4.78, 5) is 3.56. The van der Waals surface area contributed by atoms with Crippen molar-refractivity contribution in [2.45, 2.75) is 19.9 Å². The normalized spacial score (nSPS) is 13.3. The van der Waals surface area contributed by atoms with E-state index in [9.17, 15) is 0 Å². The highest BCUT2D eigenvalue weighted by Crippen LogP contribution is 2.33. The molecule has 1 aromatic carbocycles. The maximum atomic E-state index is 5.88. The van der Waals surface area contributed by atoms with Gasteiger partial charge >= 0.3 is 7.25 Å². The molecule has 2 aromatic rings. The molecule has 1 aromatic heterocycles. The molecule has 0 amide bonds. The van der Waals surface area contributed by atoms with Gasteiger partial charge in [-0.3, -0.25) is 4.81 Å². The molecule has 0 fully saturated rings. The van der Waals surface area contributed by atoms with E-state index in [0.717, 1.165) is 31.0 Å². The van der Waals surface area contributed by atoms with E-state index in [2.05, 4.69) is 29.2 Å². The van der Waals surface area contributed by atoms with Crippen molar-refractivity contribution in [3.05, 3.63) is 46.7 Å². The lowest BCUT2D eigenvalue weighted by molar-refractivity contribution is 0.313. The molecule has 0 saturated heterocycles. The van der Waals surface area contributed by atoms with Gasteiger partial charge < -0.3 is 9.31 Å². The Hall–Kier alpha value is -1.46. The van der Waals surface area contributed by atoms with Gasteiger partial charge in [0.2, 0.25) is 0 Å². The smallest absolute Gasteiger partial charge is 0.509 e. The largest absolute Gasteiger partial charge is 0.701 e. The topological polar surface area (TPSA) is 21.7 Å². The molecule has 0 bridgehead atoms. The maximum Gasteiger partial charge on any atom is 0.701 e. The van der Waals surface area contributed by atoms with Crippen molar-refractivity contribution in [3.63, 3.8) is 0 Å². The summed E-state index contributed by atoms with van der Waals surface area (Å²) in [7, 11) is -0.306. The number of hydrogen-bond donors (Lipinski definition) is 0. The Kier molecular flexibility index (Phi) is 3.75. The van der Waals surface area contributed by atoms with Crippen LogP contribution in [0.3, 0.4) is 0 Å². The van der Waals surface area contributed by atoms with Crippen molar-refractivity contribution in [2.75, 3.05) is 6.54 Å². The van der Waals surface area contributed by atoms with Crippen molar-refractivity contribution in [1.29, 1.82) is 0 Å². The van der Waals surface area contributed by atoms with Gasteiger partial charge in [-0.05, 0) is 36.5 Å². The molecule has 3 nitrogen and oxygen atoms in total. The fourth-order valence-electron chi connectivity index (χ4n) is 2.18. The van der Waals surface area contributed by atoms with Gasteiger partial charge in [-0.15, -0.1) is 11.3 Å². The van der Waals surface area contributed by atoms with Crippen LogP contribution in [0.4, 0.5) is 0 Å². The minimum absolute atomic E-state index is 0.306. The number of nitrogens with zero attached hydrogens (tertiary/aromatic N) is 1. The van der Waals surface area contributed by atoms with Gasteiger partial charge in [0.25, 0.3) is 0 Å². The molecule has 0 radical (unpaired) electrons. The first-order valence-corrected chi connectivity index (χ1v) is 7.43. The van der Waals surface area contributed by atoms with Gasteiger partial charge in [-0.25, -0.2) is 0 Å². The fraction of sp³-hybridized carbons (Fsp3) is 0.286. The molecule has 0 N–H and O–H groups in total. The second-order valence-electron chi connectivity index (χ2n) is 4.54. The van der Waals surface area contributed by atoms with E-state index in [1.807, 2.05) is 24.3 Å². The van der Waals surface area contributed by atoms with Crippen molar-refractivity contribution < 1.29 is 9.31 Å². The second-order valence-corrected chi connectivity index (χ2v) is 5.57. The molecule has 5 heteroatoms. The maximum absolute atomic E-state index is 5.88. The summed E-state index contributed by atoms with van der Waals surface area (Å²) in [5.74, 6) is 1.67. The van der Waals surface area contributed by atoms with Gasteiger partial charge in [0.1, 0.15) is 11.5 Å². The Balaban J connectivity index is 1.72. The average molecular weight is 273 g/mol. The molecular formula is C14H16BNO2S. The molecule has 1 aliphatic heterocycles. The molecule has 0 unspecified atom stereocenters. The third-order valence-electron chi connectivity index (χ3n) is 3.05. The van der Waals surface area contributed by atoms with E-state index < -0.39 is 0 Å². The number of rotatable bonds is 5. The fourth-order valence-corrected chi connectivity index (χ4v) is 2.91. The Morgan fingerprint density at radius 2 is 1.84 bits per heavy atom. The standard InChI is InChI=1S/C14H16BNO2S/c1-2-9-16(11-12-6-5-10-19-12)15-17-13-7-3-4-8-14(13)18-15/h3-8,10H,2,9,11H2,1H3. The zero-order valence-electron chi connectivity index (χ0n) is 10.9. The van der Waals surface area contributed by atoms with Crippen molar-refractivity contribution in [1.82, 2.24) is 4.81 Å². The van der Waals surface area contributed by atoms with Crippen LogP contribution in [0.1, 0.15) is 18.2 Å². The Labute approximate surface area is 117 Å². The lowest BCUT2D eigenvalue weighted by Crippen LogP contribution is -2.46. The van der Waals surface area contributed by atoms with Crippen molar-refractivity contribution >= 4 is 18.6 Å². The predicted octanol–water partition coefficient (Wildman–Crippen LogP) is 3.42. The number of thiophene rings is 1. The second kappa shape index (κ2) is 5.67. The van der Waals surface area contributed by atoms with Crippen LogP contribution in [0.5, 0.6) is 11.5 Å². The molecule has 1 aliphatic rings. The number of para-hydroxylation sites is 2. The Morgan fingerprint density at radius 1 is 1.11 bits per heavy atom. The third-order valence-corrected chi connectivity index (χ3v) is 3.91. The summed E-state index contributed by atoms with van der Waals surface area (Å²) < 4.78 is 11.8. The third kappa shape index (κ3) is 2.77. The van der Waals surface area contributed by atoms with E-state index in [1.54, 1.807) is 11.3 Å². The monoisotopic (exact) mass is 273 g/mol. The minimum Gasteiger partial charge on any atom is -0.509 e. The molecule has 0 spiro atoms. The van der Waals surface area contributed by atoms with Gasteiger partial charge in [0.15, 0.2) is 0 Å². The van der Waals surface area contributed by atoms with Crippen LogP contribution in [0.15, 0.2) is 41.8 Å². The summed E-state index contributed by atoms with van der Waals surface area (Å²) in [6.45, 7) is 3.99. The van der Waals surface area contributed by atoms with Crippen molar-refractivity contribution in [2.24, 2.45) is 0 Å². The van der Waals surface area contributed by atoms with E-state index >= 15 is 0 Å². The van der Waals surface area contributed by atoms with Crippen LogP contribution >= 0.6 is 11.3 Å². The SMILES string of the molecule is CCCN(Cc1cccs1)B1Oc2ccccc2O1. The summed E-state index contributed by atoms with van der Waals surface area (Å²) in [5.41, 5.74) is 0. The zero-order valence-corrected chi connectivity index (χ0v) is 11.7. The van der Waals surface area contributed by atoms with Crippen LogP contribution < -0.4 is 9.31 Å². The zero-order chi connectivity index (χ0) is 13.1. The quantitative estimate of drug-likeness (QED) is 0.779. The van der Waals surface area contributed by atoms with Crippen LogP contribution in [0.25, 0.3) is 0 Å². The van der Waals surface area contributed by atoms with E-state index in [-0.39, 0.29) is 7.25 Å². The van der Waals surface area contributed by atoms with Crippen LogP contribution in [-0.2, 0) is 6.54 Å². The lowest BCUT2D eigenvalue weighted by atomic mass is 10.0. The first-order valence-electron chi connectivity index (χ1n) is 6.55. The lowest BCUT2D eigenvalue weighted by Gasteiger charge is -2.21. The van der Waals surface area contributed by atoms with Gasteiger partial charge in [0, 0.05) is 11.4 Å². The highest BCUT2D eigenvalue weighted by molar-refractivity contribution is 7.09. The molecule has 0 saturated carbocycles. The highest BCUT2D eigenvalue weighted by atomic mass is 32.1. The molecule has 3 rings (SSSR count). The summed E-state index contributed by atoms with van der Waals surface area (Å²) in [6.07, 6.45) is 1.07. The number of fused-ring (bicyclic) bond motifs is 1. The Bertz CT molecular complexity index is 507. The van der Waals surface area contributed by atoms with Gasteiger partial charge in [-0.1, -0.05) is 25.1 Å². The van der Waals surface area contributed by atoms with Crippen molar-refractivity contribution in [3.8, 4) is 11.5 Å². The van der Waals surface area contributed by atoms with Crippen LogP contribution in [0.2, 0.25) is 0 Å².